The molecule has 1 atom stereocenters. The number of fused-ring (bicyclic) bond motifs is 1. The summed E-state index contributed by atoms with van der Waals surface area (Å²) >= 11 is 0. The molecule has 0 aliphatic heterocycles. The first-order chi connectivity index (χ1) is 6.74. The van der Waals surface area contributed by atoms with Gasteiger partial charge in [0.05, 0.1) is 0 Å². The van der Waals surface area contributed by atoms with Crippen molar-refractivity contribution in [1.29, 1.82) is 0 Å². The Balaban J connectivity index is 2.67. The van der Waals surface area contributed by atoms with Crippen LogP contribution in [-0.4, -0.2) is 7.05 Å². The van der Waals surface area contributed by atoms with E-state index >= 15 is 0 Å². The van der Waals surface area contributed by atoms with E-state index in [9.17, 15) is 0 Å². The summed E-state index contributed by atoms with van der Waals surface area (Å²) in [6.07, 6.45) is 0. The topological polar surface area (TPSA) is 25.2 Å². The molecule has 0 spiro atoms. The van der Waals surface area contributed by atoms with Gasteiger partial charge in [0.2, 0.25) is 0 Å². The van der Waals surface area contributed by atoms with Gasteiger partial charge in [-0.3, -0.25) is 0 Å². The lowest BCUT2D eigenvalue weighted by Gasteiger charge is -2.08. The van der Waals surface area contributed by atoms with Gasteiger partial charge in [-0.15, -0.1) is 0 Å². The summed E-state index contributed by atoms with van der Waals surface area (Å²) in [6.45, 7) is 4.16. The highest BCUT2D eigenvalue weighted by Crippen LogP contribution is 2.29. The van der Waals surface area contributed by atoms with Crippen molar-refractivity contribution in [2.24, 2.45) is 0 Å². The molecular formula is C12H15NO. The smallest absolute Gasteiger partial charge is 0.134 e. The van der Waals surface area contributed by atoms with Crippen LogP contribution in [-0.2, 0) is 0 Å². The van der Waals surface area contributed by atoms with Gasteiger partial charge < -0.3 is 9.73 Å². The van der Waals surface area contributed by atoms with E-state index in [-0.39, 0.29) is 0 Å². The maximum Gasteiger partial charge on any atom is 0.134 e. The van der Waals surface area contributed by atoms with Gasteiger partial charge in [0, 0.05) is 17.0 Å². The summed E-state index contributed by atoms with van der Waals surface area (Å²) < 4.78 is 5.68. The Kier molecular flexibility index (Phi) is 2.30. The first kappa shape index (κ1) is 9.28. The van der Waals surface area contributed by atoms with Crippen LogP contribution in [0.15, 0.2) is 28.7 Å². The van der Waals surface area contributed by atoms with E-state index in [1.165, 1.54) is 10.9 Å². The molecule has 1 aromatic heterocycles. The molecule has 0 amide bonds. The number of benzene rings is 1. The van der Waals surface area contributed by atoms with E-state index in [2.05, 4.69) is 18.3 Å². The van der Waals surface area contributed by atoms with Crippen LogP contribution >= 0.6 is 0 Å². The zero-order valence-corrected chi connectivity index (χ0v) is 8.79. The van der Waals surface area contributed by atoms with Gasteiger partial charge >= 0.3 is 0 Å². The van der Waals surface area contributed by atoms with Crippen molar-refractivity contribution in [2.75, 3.05) is 7.05 Å². The lowest BCUT2D eigenvalue weighted by molar-refractivity contribution is 0.554. The SMILES string of the molecule is CNC(C)c1c(C)oc2ccccc12. The van der Waals surface area contributed by atoms with Crippen LogP contribution in [0.2, 0.25) is 0 Å². The van der Waals surface area contributed by atoms with Crippen LogP contribution in [0, 0.1) is 6.92 Å². The van der Waals surface area contributed by atoms with Gasteiger partial charge in [0.25, 0.3) is 0 Å². The number of rotatable bonds is 2. The predicted molar refractivity (Wildman–Crippen MR) is 58.4 cm³/mol. The molecule has 0 saturated carbocycles. The highest BCUT2D eigenvalue weighted by Gasteiger charge is 2.14. The number of aryl methyl sites for hydroxylation is 1. The molecule has 2 rings (SSSR count). The summed E-state index contributed by atoms with van der Waals surface area (Å²) in [7, 11) is 1.96. The highest BCUT2D eigenvalue weighted by atomic mass is 16.3. The fraction of sp³-hybridized carbons (Fsp3) is 0.333. The molecule has 2 aromatic rings. The first-order valence-corrected chi connectivity index (χ1v) is 4.89. The second-order valence-electron chi connectivity index (χ2n) is 3.58. The predicted octanol–water partition coefficient (Wildman–Crippen LogP) is 3.02. The van der Waals surface area contributed by atoms with Crippen molar-refractivity contribution >= 4 is 11.0 Å². The summed E-state index contributed by atoms with van der Waals surface area (Å²) in [5, 5.41) is 4.45. The minimum absolute atomic E-state index is 0.332. The van der Waals surface area contributed by atoms with Gasteiger partial charge in [-0.2, -0.15) is 0 Å². The normalized spacial score (nSPS) is 13.4. The van der Waals surface area contributed by atoms with Crippen LogP contribution in [0.25, 0.3) is 11.0 Å². The second-order valence-corrected chi connectivity index (χ2v) is 3.58. The largest absolute Gasteiger partial charge is 0.461 e. The molecule has 0 fully saturated rings. The van der Waals surface area contributed by atoms with Crippen molar-refractivity contribution in [3.05, 3.63) is 35.6 Å². The van der Waals surface area contributed by atoms with Crippen molar-refractivity contribution in [2.45, 2.75) is 19.9 Å². The van der Waals surface area contributed by atoms with Gasteiger partial charge in [-0.05, 0) is 27.0 Å². The quantitative estimate of drug-likeness (QED) is 0.785. The maximum absolute atomic E-state index is 5.68. The van der Waals surface area contributed by atoms with Crippen LogP contribution < -0.4 is 5.32 Å². The molecule has 0 aliphatic rings. The third-order valence-corrected chi connectivity index (χ3v) is 2.69. The summed E-state index contributed by atoms with van der Waals surface area (Å²) in [4.78, 5) is 0. The summed E-state index contributed by atoms with van der Waals surface area (Å²) in [5.41, 5.74) is 2.24. The molecule has 0 bridgehead atoms. The van der Waals surface area contributed by atoms with Gasteiger partial charge in [-0.1, -0.05) is 18.2 Å². The number of nitrogens with one attached hydrogen (secondary N) is 1. The van der Waals surface area contributed by atoms with Crippen LogP contribution in [0.3, 0.4) is 0 Å². The minimum atomic E-state index is 0.332. The average Bonchev–Trinajstić information content (AvgIpc) is 2.53. The molecular weight excluding hydrogens is 174 g/mol. The van der Waals surface area contributed by atoms with E-state index < -0.39 is 0 Å². The summed E-state index contributed by atoms with van der Waals surface area (Å²) in [6, 6.07) is 8.49. The first-order valence-electron chi connectivity index (χ1n) is 4.89. The van der Waals surface area contributed by atoms with Crippen molar-refractivity contribution < 1.29 is 4.42 Å². The Morgan fingerprint density at radius 3 is 2.71 bits per heavy atom. The van der Waals surface area contributed by atoms with E-state index in [1.54, 1.807) is 0 Å². The highest BCUT2D eigenvalue weighted by molar-refractivity contribution is 5.82. The molecule has 1 unspecified atom stereocenters. The fourth-order valence-electron chi connectivity index (χ4n) is 1.87. The number of hydrogen-bond acceptors (Lipinski definition) is 2. The Hall–Kier alpha value is -1.28. The van der Waals surface area contributed by atoms with Crippen molar-refractivity contribution in [3.63, 3.8) is 0 Å². The molecule has 2 heteroatoms. The zero-order valence-electron chi connectivity index (χ0n) is 8.79. The van der Waals surface area contributed by atoms with Gasteiger partial charge in [-0.25, -0.2) is 0 Å². The Morgan fingerprint density at radius 2 is 2.00 bits per heavy atom. The molecule has 1 aromatic carbocycles. The third-order valence-electron chi connectivity index (χ3n) is 2.69. The summed E-state index contributed by atoms with van der Waals surface area (Å²) in [5.74, 6) is 1.01. The van der Waals surface area contributed by atoms with E-state index in [0.717, 1.165) is 11.3 Å². The Bertz CT molecular complexity index is 445. The van der Waals surface area contributed by atoms with Crippen LogP contribution in [0.4, 0.5) is 0 Å². The minimum Gasteiger partial charge on any atom is -0.461 e. The van der Waals surface area contributed by atoms with Crippen molar-refractivity contribution in [1.82, 2.24) is 5.32 Å². The zero-order chi connectivity index (χ0) is 10.1. The average molecular weight is 189 g/mol. The van der Waals surface area contributed by atoms with Crippen LogP contribution in [0.1, 0.15) is 24.3 Å². The molecule has 2 nitrogen and oxygen atoms in total. The van der Waals surface area contributed by atoms with Crippen molar-refractivity contribution in [3.8, 4) is 0 Å². The molecule has 1 heterocycles. The monoisotopic (exact) mass is 189 g/mol. The Morgan fingerprint density at radius 1 is 1.29 bits per heavy atom. The molecule has 0 radical (unpaired) electrons. The lowest BCUT2D eigenvalue weighted by Crippen LogP contribution is -2.12. The van der Waals surface area contributed by atoms with E-state index in [0.29, 0.717) is 6.04 Å². The van der Waals surface area contributed by atoms with Crippen LogP contribution in [0.5, 0.6) is 0 Å². The molecule has 0 saturated heterocycles. The van der Waals surface area contributed by atoms with E-state index in [4.69, 9.17) is 4.42 Å². The molecule has 1 N–H and O–H groups in total. The number of furan rings is 1. The van der Waals surface area contributed by atoms with E-state index in [1.807, 2.05) is 32.2 Å². The maximum atomic E-state index is 5.68. The van der Waals surface area contributed by atoms with Gasteiger partial charge in [0.15, 0.2) is 0 Å². The molecule has 74 valence electrons. The third kappa shape index (κ3) is 1.32. The molecule has 0 aliphatic carbocycles. The van der Waals surface area contributed by atoms with Gasteiger partial charge in [0.1, 0.15) is 11.3 Å². The standard InChI is InChI=1S/C12H15NO/c1-8(13-3)12-9(2)14-11-7-5-4-6-10(11)12/h4-8,13H,1-3H3. The number of para-hydroxylation sites is 1. The second kappa shape index (κ2) is 3.46. The molecule has 14 heavy (non-hydrogen) atoms. The fourth-order valence-corrected chi connectivity index (χ4v) is 1.87. The number of hydrogen-bond donors (Lipinski definition) is 1. The lowest BCUT2D eigenvalue weighted by atomic mass is 10.0. The Labute approximate surface area is 83.9 Å².